The molecule has 0 aromatic carbocycles. The molecule has 82 valence electrons. The van der Waals surface area contributed by atoms with Crippen molar-refractivity contribution in [2.75, 3.05) is 26.2 Å². The van der Waals surface area contributed by atoms with E-state index in [0.29, 0.717) is 0 Å². The summed E-state index contributed by atoms with van der Waals surface area (Å²) in [6.07, 6.45) is 4.23. The summed E-state index contributed by atoms with van der Waals surface area (Å²) in [7, 11) is 0. The van der Waals surface area contributed by atoms with Gasteiger partial charge in [-0.2, -0.15) is 0 Å². The number of nitrogens with zero attached hydrogens (tertiary/aromatic N) is 1. The average molecular weight is 196 g/mol. The molecule has 2 rings (SSSR count). The maximum atomic E-state index is 3.69. The minimum atomic E-state index is 0.810. The van der Waals surface area contributed by atoms with E-state index in [1.54, 1.807) is 0 Å². The van der Waals surface area contributed by atoms with Crippen LogP contribution < -0.4 is 5.32 Å². The van der Waals surface area contributed by atoms with Crippen molar-refractivity contribution in [2.45, 2.75) is 39.2 Å². The van der Waals surface area contributed by atoms with Gasteiger partial charge in [0.1, 0.15) is 0 Å². The van der Waals surface area contributed by atoms with Gasteiger partial charge in [0, 0.05) is 12.6 Å². The van der Waals surface area contributed by atoms with E-state index in [0.717, 1.165) is 17.9 Å². The average Bonchev–Trinajstić information content (AvgIpc) is 2.65. The second-order valence-electron chi connectivity index (χ2n) is 5.04. The fourth-order valence-corrected chi connectivity index (χ4v) is 3.16. The van der Waals surface area contributed by atoms with Gasteiger partial charge in [-0.15, -0.1) is 0 Å². The van der Waals surface area contributed by atoms with E-state index in [1.165, 1.54) is 45.4 Å². The number of nitrogens with one attached hydrogen (secondary N) is 1. The fourth-order valence-electron chi connectivity index (χ4n) is 3.16. The van der Waals surface area contributed by atoms with Gasteiger partial charge >= 0.3 is 0 Å². The minimum Gasteiger partial charge on any atom is -0.313 e. The normalized spacial score (nSPS) is 40.3. The second-order valence-corrected chi connectivity index (χ2v) is 5.04. The third-order valence-corrected chi connectivity index (χ3v) is 4.09. The molecule has 0 spiro atoms. The van der Waals surface area contributed by atoms with Crippen LogP contribution in [0.2, 0.25) is 0 Å². The molecule has 0 radical (unpaired) electrons. The lowest BCUT2D eigenvalue weighted by molar-refractivity contribution is 0.146. The van der Waals surface area contributed by atoms with Gasteiger partial charge in [-0.05, 0) is 50.7 Å². The molecular weight excluding hydrogens is 172 g/mol. The molecule has 2 saturated heterocycles. The zero-order valence-electron chi connectivity index (χ0n) is 9.63. The van der Waals surface area contributed by atoms with Crippen LogP contribution in [0.5, 0.6) is 0 Å². The number of piperidine rings is 1. The lowest BCUT2D eigenvalue weighted by Gasteiger charge is -2.36. The van der Waals surface area contributed by atoms with E-state index in [-0.39, 0.29) is 0 Å². The van der Waals surface area contributed by atoms with Crippen molar-refractivity contribution in [3.8, 4) is 0 Å². The predicted octanol–water partition coefficient (Wildman–Crippen LogP) is 1.72. The number of hydrogen-bond donors (Lipinski definition) is 1. The van der Waals surface area contributed by atoms with E-state index in [2.05, 4.69) is 24.1 Å². The largest absolute Gasteiger partial charge is 0.313 e. The molecule has 2 nitrogen and oxygen atoms in total. The van der Waals surface area contributed by atoms with Crippen molar-refractivity contribution in [3.05, 3.63) is 0 Å². The van der Waals surface area contributed by atoms with Gasteiger partial charge in [0.25, 0.3) is 0 Å². The van der Waals surface area contributed by atoms with Crippen LogP contribution in [0.15, 0.2) is 0 Å². The van der Waals surface area contributed by atoms with Crippen LogP contribution in [-0.2, 0) is 0 Å². The Labute approximate surface area is 88.1 Å². The predicted molar refractivity (Wildman–Crippen MR) is 60.4 cm³/mol. The van der Waals surface area contributed by atoms with Gasteiger partial charge < -0.3 is 10.2 Å². The summed E-state index contributed by atoms with van der Waals surface area (Å²) < 4.78 is 0. The van der Waals surface area contributed by atoms with E-state index >= 15 is 0 Å². The Balaban J connectivity index is 1.90. The molecule has 0 amide bonds. The molecular formula is C12H24N2. The molecule has 2 fully saturated rings. The lowest BCUT2D eigenvalue weighted by Crippen LogP contribution is -2.45. The smallest absolute Gasteiger partial charge is 0.0134 e. The Hall–Kier alpha value is -0.0800. The first-order chi connectivity index (χ1) is 6.81. The highest BCUT2D eigenvalue weighted by Crippen LogP contribution is 2.28. The van der Waals surface area contributed by atoms with Crippen molar-refractivity contribution in [1.82, 2.24) is 10.2 Å². The van der Waals surface area contributed by atoms with Crippen molar-refractivity contribution in [2.24, 2.45) is 11.8 Å². The molecule has 0 aromatic rings. The minimum absolute atomic E-state index is 0.810. The van der Waals surface area contributed by atoms with Gasteiger partial charge in [0.15, 0.2) is 0 Å². The van der Waals surface area contributed by atoms with Crippen LogP contribution in [-0.4, -0.2) is 37.1 Å². The van der Waals surface area contributed by atoms with E-state index < -0.39 is 0 Å². The molecule has 3 unspecified atom stereocenters. The standard InChI is InChI=1S/C12H24N2/c1-3-14-8-4-5-11(9-14)12-10(2)6-7-13-12/h10-13H,3-9H2,1-2H3. The van der Waals surface area contributed by atoms with Gasteiger partial charge in [0.05, 0.1) is 0 Å². The van der Waals surface area contributed by atoms with Crippen molar-refractivity contribution in [3.63, 3.8) is 0 Å². The molecule has 2 heteroatoms. The summed E-state index contributed by atoms with van der Waals surface area (Å²) >= 11 is 0. The highest BCUT2D eigenvalue weighted by molar-refractivity contribution is 4.89. The summed E-state index contributed by atoms with van der Waals surface area (Å²) in [5.74, 6) is 1.82. The molecule has 14 heavy (non-hydrogen) atoms. The first-order valence-electron chi connectivity index (χ1n) is 6.27. The zero-order valence-corrected chi connectivity index (χ0v) is 9.63. The highest BCUT2D eigenvalue weighted by atomic mass is 15.1. The third kappa shape index (κ3) is 2.12. The Morgan fingerprint density at radius 3 is 2.86 bits per heavy atom. The summed E-state index contributed by atoms with van der Waals surface area (Å²) in [5, 5.41) is 3.69. The number of likely N-dealkylation sites (tertiary alicyclic amines) is 1. The topological polar surface area (TPSA) is 15.3 Å². The number of rotatable bonds is 2. The van der Waals surface area contributed by atoms with Crippen LogP contribution in [0.1, 0.15) is 33.1 Å². The van der Waals surface area contributed by atoms with Gasteiger partial charge in [-0.1, -0.05) is 13.8 Å². The molecule has 2 heterocycles. The van der Waals surface area contributed by atoms with Crippen molar-refractivity contribution >= 4 is 0 Å². The summed E-state index contributed by atoms with van der Waals surface area (Å²) in [5.41, 5.74) is 0. The van der Waals surface area contributed by atoms with Gasteiger partial charge in [0.2, 0.25) is 0 Å². The Bertz CT molecular complexity index is 181. The van der Waals surface area contributed by atoms with E-state index in [9.17, 15) is 0 Å². The van der Waals surface area contributed by atoms with Crippen LogP contribution in [0.25, 0.3) is 0 Å². The summed E-state index contributed by atoms with van der Waals surface area (Å²) in [6.45, 7) is 9.84. The Morgan fingerprint density at radius 1 is 1.36 bits per heavy atom. The molecule has 0 aromatic heterocycles. The lowest BCUT2D eigenvalue weighted by atomic mass is 9.85. The molecule has 2 aliphatic heterocycles. The SMILES string of the molecule is CCN1CCCC(C2NCCC2C)C1. The second kappa shape index (κ2) is 4.63. The van der Waals surface area contributed by atoms with Crippen LogP contribution >= 0.6 is 0 Å². The molecule has 0 bridgehead atoms. The van der Waals surface area contributed by atoms with Crippen LogP contribution in [0.3, 0.4) is 0 Å². The Kier molecular flexibility index (Phi) is 3.45. The highest BCUT2D eigenvalue weighted by Gasteiger charge is 2.32. The molecule has 3 atom stereocenters. The van der Waals surface area contributed by atoms with Crippen molar-refractivity contribution in [1.29, 1.82) is 0 Å². The van der Waals surface area contributed by atoms with Crippen molar-refractivity contribution < 1.29 is 0 Å². The van der Waals surface area contributed by atoms with Crippen LogP contribution in [0, 0.1) is 11.8 Å². The molecule has 1 N–H and O–H groups in total. The zero-order chi connectivity index (χ0) is 9.97. The van der Waals surface area contributed by atoms with E-state index in [4.69, 9.17) is 0 Å². The van der Waals surface area contributed by atoms with Gasteiger partial charge in [-0.25, -0.2) is 0 Å². The summed E-state index contributed by atoms with van der Waals surface area (Å²) in [6, 6.07) is 0.810. The fraction of sp³-hybridized carbons (Fsp3) is 1.00. The molecule has 0 aliphatic carbocycles. The Morgan fingerprint density at radius 2 is 2.21 bits per heavy atom. The maximum Gasteiger partial charge on any atom is 0.0134 e. The third-order valence-electron chi connectivity index (χ3n) is 4.09. The summed E-state index contributed by atoms with van der Waals surface area (Å²) in [4.78, 5) is 2.61. The first-order valence-corrected chi connectivity index (χ1v) is 6.27. The number of hydrogen-bond acceptors (Lipinski definition) is 2. The quantitative estimate of drug-likeness (QED) is 0.723. The molecule has 2 aliphatic rings. The van der Waals surface area contributed by atoms with E-state index in [1.807, 2.05) is 0 Å². The maximum absolute atomic E-state index is 3.69. The van der Waals surface area contributed by atoms with Gasteiger partial charge in [-0.3, -0.25) is 0 Å². The monoisotopic (exact) mass is 196 g/mol. The van der Waals surface area contributed by atoms with Crippen LogP contribution in [0.4, 0.5) is 0 Å². The first kappa shape index (κ1) is 10.4. The molecule has 0 saturated carbocycles.